The van der Waals surface area contributed by atoms with Crippen LogP contribution in [-0.2, 0) is 14.3 Å². The highest BCUT2D eigenvalue weighted by Gasteiger charge is 2.17. The molecular formula is C21H25N3O4S. The number of thioether (sulfide) groups is 1. The second-order valence-corrected chi connectivity index (χ2v) is 8.10. The number of hydrogen-bond donors (Lipinski definition) is 2. The smallest absolute Gasteiger partial charge is 0.321 e. The van der Waals surface area contributed by atoms with Crippen LogP contribution in [0.15, 0.2) is 35.4 Å². The highest BCUT2D eigenvalue weighted by atomic mass is 32.2. The van der Waals surface area contributed by atoms with Crippen molar-refractivity contribution in [1.29, 1.82) is 0 Å². The summed E-state index contributed by atoms with van der Waals surface area (Å²) in [6, 6.07) is 9.29. The Morgan fingerprint density at radius 3 is 2.72 bits per heavy atom. The van der Waals surface area contributed by atoms with Gasteiger partial charge in [-0.25, -0.2) is 9.78 Å². The molecule has 1 aliphatic rings. The summed E-state index contributed by atoms with van der Waals surface area (Å²) >= 11 is 1.25. The molecule has 7 nitrogen and oxygen atoms in total. The summed E-state index contributed by atoms with van der Waals surface area (Å²) in [5.74, 6) is -1.14. The van der Waals surface area contributed by atoms with Crippen LogP contribution in [0.3, 0.4) is 0 Å². The normalized spacial score (nSPS) is 14.4. The summed E-state index contributed by atoms with van der Waals surface area (Å²) < 4.78 is 4.95. The maximum atomic E-state index is 11.9. The number of carbonyl (C=O) groups excluding carboxylic acids is 3. The number of benzene rings is 1. The number of para-hydroxylation sites is 1. The lowest BCUT2D eigenvalue weighted by Crippen LogP contribution is -2.46. The number of aryl methyl sites for hydroxylation is 1. The van der Waals surface area contributed by atoms with E-state index in [9.17, 15) is 14.4 Å². The second-order valence-electron chi connectivity index (χ2n) is 7.10. The first-order valence-corrected chi connectivity index (χ1v) is 10.7. The van der Waals surface area contributed by atoms with Gasteiger partial charge in [-0.1, -0.05) is 49.2 Å². The number of hydrogen-bond acceptors (Lipinski definition) is 6. The van der Waals surface area contributed by atoms with Crippen molar-refractivity contribution >= 4 is 40.6 Å². The van der Waals surface area contributed by atoms with Gasteiger partial charge in [0.05, 0.1) is 16.3 Å². The zero-order chi connectivity index (χ0) is 20.6. The Morgan fingerprint density at radius 2 is 1.93 bits per heavy atom. The molecule has 0 saturated heterocycles. The van der Waals surface area contributed by atoms with Gasteiger partial charge in [-0.3, -0.25) is 14.9 Å². The van der Waals surface area contributed by atoms with Gasteiger partial charge in [0.25, 0.3) is 5.91 Å². The van der Waals surface area contributed by atoms with Gasteiger partial charge in [0, 0.05) is 11.4 Å². The number of esters is 1. The molecule has 0 bridgehead atoms. The first-order valence-electron chi connectivity index (χ1n) is 9.76. The highest BCUT2D eigenvalue weighted by Crippen LogP contribution is 2.23. The number of carbonyl (C=O) groups is 3. The molecule has 1 heterocycles. The van der Waals surface area contributed by atoms with Gasteiger partial charge in [0.1, 0.15) is 0 Å². The van der Waals surface area contributed by atoms with Crippen molar-refractivity contribution in [3.63, 3.8) is 0 Å². The molecule has 1 aromatic heterocycles. The lowest BCUT2D eigenvalue weighted by molar-refractivity contribution is -0.145. The largest absolute Gasteiger partial charge is 0.455 e. The fourth-order valence-electron chi connectivity index (χ4n) is 3.34. The number of pyridine rings is 1. The van der Waals surface area contributed by atoms with E-state index in [1.807, 2.05) is 37.3 Å². The number of fused-ring (bicyclic) bond motifs is 1. The summed E-state index contributed by atoms with van der Waals surface area (Å²) in [6.45, 7) is 1.51. The Bertz CT molecular complexity index is 897. The third kappa shape index (κ3) is 6.45. The molecule has 1 fully saturated rings. The van der Waals surface area contributed by atoms with Crippen molar-refractivity contribution in [2.24, 2.45) is 0 Å². The quantitative estimate of drug-likeness (QED) is 0.555. The van der Waals surface area contributed by atoms with Crippen molar-refractivity contribution in [3.05, 3.63) is 35.9 Å². The zero-order valence-corrected chi connectivity index (χ0v) is 17.2. The summed E-state index contributed by atoms with van der Waals surface area (Å²) in [5.41, 5.74) is 1.95. The van der Waals surface area contributed by atoms with E-state index in [1.54, 1.807) is 0 Å². The summed E-state index contributed by atoms with van der Waals surface area (Å²) in [7, 11) is 0. The molecule has 8 heteroatoms. The molecule has 0 spiro atoms. The van der Waals surface area contributed by atoms with Gasteiger partial charge in [0.15, 0.2) is 6.61 Å². The van der Waals surface area contributed by atoms with Crippen molar-refractivity contribution < 1.29 is 19.1 Å². The van der Waals surface area contributed by atoms with Crippen LogP contribution in [-0.4, -0.2) is 41.3 Å². The molecule has 0 atom stereocenters. The van der Waals surface area contributed by atoms with Crippen molar-refractivity contribution in [2.75, 3.05) is 12.4 Å². The first-order chi connectivity index (χ1) is 14.0. The molecule has 2 aromatic rings. The average molecular weight is 416 g/mol. The first kappa shape index (κ1) is 21.1. The molecular weight excluding hydrogens is 390 g/mol. The lowest BCUT2D eigenvalue weighted by atomic mass is 9.96. The minimum Gasteiger partial charge on any atom is -0.455 e. The number of nitrogens with one attached hydrogen (secondary N) is 2. The fraction of sp³-hybridized carbons (Fsp3) is 0.429. The third-order valence-electron chi connectivity index (χ3n) is 4.80. The Hall–Kier alpha value is -2.61. The average Bonchev–Trinajstić information content (AvgIpc) is 2.71. The van der Waals surface area contributed by atoms with Gasteiger partial charge in [0.2, 0.25) is 0 Å². The standard InChI is InChI=1S/C21H25N3O4S/c1-14-11-19(23-17-10-6-5-9-16(14)17)29-13-20(26)28-12-18(25)24-21(27)22-15-7-3-2-4-8-15/h5-6,9-11,15H,2-4,7-8,12-13H2,1H3,(H2,22,24,25,27). The fourth-order valence-corrected chi connectivity index (χ4v) is 4.12. The van der Waals surface area contributed by atoms with Gasteiger partial charge in [-0.2, -0.15) is 0 Å². The van der Waals surface area contributed by atoms with Gasteiger partial charge >= 0.3 is 12.0 Å². The Labute approximate surface area is 174 Å². The zero-order valence-electron chi connectivity index (χ0n) is 16.4. The molecule has 0 radical (unpaired) electrons. The lowest BCUT2D eigenvalue weighted by Gasteiger charge is -2.22. The van der Waals surface area contributed by atoms with E-state index >= 15 is 0 Å². The molecule has 3 rings (SSSR count). The van der Waals surface area contributed by atoms with Gasteiger partial charge in [-0.05, 0) is 37.5 Å². The molecule has 3 amide bonds. The Balaban J connectivity index is 1.39. The topological polar surface area (TPSA) is 97.4 Å². The maximum absolute atomic E-state index is 11.9. The van der Waals surface area contributed by atoms with E-state index in [-0.39, 0.29) is 11.8 Å². The van der Waals surface area contributed by atoms with Crippen molar-refractivity contribution in [2.45, 2.75) is 50.1 Å². The van der Waals surface area contributed by atoms with Crippen molar-refractivity contribution in [1.82, 2.24) is 15.6 Å². The Morgan fingerprint density at radius 1 is 1.17 bits per heavy atom. The van der Waals surface area contributed by atoms with Crippen LogP contribution in [0.25, 0.3) is 10.9 Å². The van der Waals surface area contributed by atoms with E-state index in [0.717, 1.165) is 47.2 Å². The monoisotopic (exact) mass is 415 g/mol. The molecule has 29 heavy (non-hydrogen) atoms. The van der Waals surface area contributed by atoms with Crippen LogP contribution in [0.1, 0.15) is 37.7 Å². The van der Waals surface area contributed by atoms with E-state index < -0.39 is 24.5 Å². The van der Waals surface area contributed by atoms with Crippen LogP contribution in [0.2, 0.25) is 0 Å². The minimum absolute atomic E-state index is 0.0341. The van der Waals surface area contributed by atoms with E-state index in [2.05, 4.69) is 15.6 Å². The third-order valence-corrected chi connectivity index (χ3v) is 5.68. The Kier molecular flexibility index (Phi) is 7.46. The molecule has 1 aromatic carbocycles. The number of imide groups is 1. The van der Waals surface area contributed by atoms with Crippen LogP contribution in [0.5, 0.6) is 0 Å². The van der Waals surface area contributed by atoms with Crippen molar-refractivity contribution in [3.8, 4) is 0 Å². The minimum atomic E-state index is -0.642. The van der Waals surface area contributed by atoms with Gasteiger partial charge < -0.3 is 10.1 Å². The summed E-state index contributed by atoms with van der Waals surface area (Å²) in [4.78, 5) is 40.1. The molecule has 0 aliphatic heterocycles. The predicted molar refractivity (Wildman–Crippen MR) is 112 cm³/mol. The van der Waals surface area contributed by atoms with E-state index in [4.69, 9.17) is 4.74 Å². The number of ether oxygens (including phenoxy) is 1. The second kappa shape index (κ2) is 10.2. The van der Waals surface area contributed by atoms with Crippen LogP contribution < -0.4 is 10.6 Å². The van der Waals surface area contributed by atoms with E-state index in [1.165, 1.54) is 18.2 Å². The maximum Gasteiger partial charge on any atom is 0.321 e. The SMILES string of the molecule is Cc1cc(SCC(=O)OCC(=O)NC(=O)NC2CCCCC2)nc2ccccc12. The summed E-state index contributed by atoms with van der Waals surface area (Å²) in [6.07, 6.45) is 5.20. The predicted octanol–water partition coefficient (Wildman–Crippen LogP) is 3.34. The van der Waals surface area contributed by atoms with Crippen LogP contribution >= 0.6 is 11.8 Å². The number of rotatable bonds is 6. The molecule has 2 N–H and O–H groups in total. The molecule has 154 valence electrons. The number of amides is 3. The summed E-state index contributed by atoms with van der Waals surface area (Å²) in [5, 5.41) is 6.77. The molecule has 1 aliphatic carbocycles. The van der Waals surface area contributed by atoms with Crippen LogP contribution in [0, 0.1) is 6.92 Å². The van der Waals surface area contributed by atoms with Gasteiger partial charge in [-0.15, -0.1) is 0 Å². The van der Waals surface area contributed by atoms with Crippen LogP contribution in [0.4, 0.5) is 4.79 Å². The highest BCUT2D eigenvalue weighted by molar-refractivity contribution is 7.99. The molecule has 0 unspecified atom stereocenters. The number of urea groups is 1. The number of aromatic nitrogens is 1. The molecule has 1 saturated carbocycles. The number of nitrogens with zero attached hydrogens (tertiary/aromatic N) is 1. The van der Waals surface area contributed by atoms with E-state index in [0.29, 0.717) is 0 Å².